The van der Waals surface area contributed by atoms with Gasteiger partial charge in [-0.15, -0.1) is 0 Å². The predicted octanol–water partition coefficient (Wildman–Crippen LogP) is 4.46. The fraction of sp³-hybridized carbons (Fsp3) is 0.455. The van der Waals surface area contributed by atoms with Crippen LogP contribution < -0.4 is 4.90 Å². The van der Waals surface area contributed by atoms with Gasteiger partial charge in [-0.2, -0.15) is 0 Å². The van der Waals surface area contributed by atoms with Crippen LogP contribution in [0.1, 0.15) is 49.6 Å². The van der Waals surface area contributed by atoms with E-state index in [4.69, 9.17) is 9.97 Å². The molecular weight excluding hydrogens is 336 g/mol. The smallest absolute Gasteiger partial charge is 0.137 e. The molecule has 1 N–H and O–H groups in total. The Morgan fingerprint density at radius 1 is 1.07 bits per heavy atom. The largest absolute Gasteiger partial charge is 0.394 e. The number of aryl methyl sites for hydroxylation is 2. The molecule has 0 saturated heterocycles. The fourth-order valence-electron chi connectivity index (χ4n) is 3.46. The van der Waals surface area contributed by atoms with Crippen LogP contribution in [-0.2, 0) is 0 Å². The van der Waals surface area contributed by atoms with Crippen molar-refractivity contribution in [2.45, 2.75) is 46.6 Å². The quantitative estimate of drug-likeness (QED) is 0.724. The van der Waals surface area contributed by atoms with Crippen molar-refractivity contribution in [1.82, 2.24) is 14.5 Å². The second-order valence-corrected chi connectivity index (χ2v) is 7.93. The van der Waals surface area contributed by atoms with E-state index in [0.717, 1.165) is 44.9 Å². The van der Waals surface area contributed by atoms with Crippen molar-refractivity contribution < 1.29 is 5.11 Å². The molecule has 144 valence electrons. The van der Waals surface area contributed by atoms with Gasteiger partial charge in [0.25, 0.3) is 0 Å². The molecule has 0 aromatic carbocycles. The first kappa shape index (κ1) is 19.4. The third kappa shape index (κ3) is 3.44. The Labute approximate surface area is 161 Å². The van der Waals surface area contributed by atoms with E-state index in [9.17, 15) is 5.11 Å². The van der Waals surface area contributed by atoms with E-state index in [2.05, 4.69) is 61.6 Å². The van der Waals surface area contributed by atoms with E-state index < -0.39 is 0 Å². The number of hydrogen-bond donors (Lipinski definition) is 1. The zero-order valence-corrected chi connectivity index (χ0v) is 17.4. The first-order valence-electron chi connectivity index (χ1n) is 9.52. The van der Waals surface area contributed by atoms with Gasteiger partial charge < -0.3 is 14.6 Å². The number of hydrogen-bond acceptors (Lipinski definition) is 4. The number of fused-ring (bicyclic) bond motifs is 1. The van der Waals surface area contributed by atoms with Crippen LogP contribution in [0, 0.1) is 13.8 Å². The highest BCUT2D eigenvalue weighted by Gasteiger charge is 2.18. The molecule has 3 rings (SSSR count). The summed E-state index contributed by atoms with van der Waals surface area (Å²) in [6.07, 6.45) is 2.08. The molecule has 1 atom stereocenters. The van der Waals surface area contributed by atoms with Gasteiger partial charge in [-0.3, -0.25) is 0 Å². The topological polar surface area (TPSA) is 54.2 Å². The minimum atomic E-state index is 0.0255. The molecule has 0 amide bonds. The standard InChI is InChI=1S/C22H30N4O/c1-13(2)18-9-8-17(22(23-18)25(6)7)20-14(3)10-19-21(24-20)15(4)11-26(19)16(5)12-27/h8-11,13,16,27H,12H2,1-7H3. The predicted molar refractivity (Wildman–Crippen MR) is 113 cm³/mol. The monoisotopic (exact) mass is 366 g/mol. The van der Waals surface area contributed by atoms with Crippen LogP contribution in [0.4, 0.5) is 5.82 Å². The Morgan fingerprint density at radius 3 is 2.37 bits per heavy atom. The Bertz CT molecular complexity index is 972. The number of rotatable bonds is 5. The maximum absolute atomic E-state index is 9.57. The van der Waals surface area contributed by atoms with Crippen molar-refractivity contribution in [3.63, 3.8) is 0 Å². The minimum absolute atomic E-state index is 0.0255. The summed E-state index contributed by atoms with van der Waals surface area (Å²) in [5, 5.41) is 9.57. The highest BCUT2D eigenvalue weighted by molar-refractivity contribution is 5.86. The molecule has 5 heteroatoms. The zero-order chi connectivity index (χ0) is 19.9. The summed E-state index contributed by atoms with van der Waals surface area (Å²) in [6, 6.07) is 6.44. The molecule has 3 aromatic heterocycles. The van der Waals surface area contributed by atoms with Gasteiger partial charge in [0.2, 0.25) is 0 Å². The first-order valence-corrected chi connectivity index (χ1v) is 9.52. The van der Waals surface area contributed by atoms with Gasteiger partial charge in [0.1, 0.15) is 5.82 Å². The van der Waals surface area contributed by atoms with Crippen molar-refractivity contribution in [2.75, 3.05) is 25.6 Å². The Kier molecular flexibility index (Phi) is 5.24. The van der Waals surface area contributed by atoms with Gasteiger partial charge in [0.05, 0.1) is 29.4 Å². The lowest BCUT2D eigenvalue weighted by molar-refractivity contribution is 0.241. The van der Waals surface area contributed by atoms with E-state index in [0.29, 0.717) is 5.92 Å². The summed E-state index contributed by atoms with van der Waals surface area (Å²) >= 11 is 0. The van der Waals surface area contributed by atoms with Gasteiger partial charge in [-0.05, 0) is 56.0 Å². The molecule has 3 aromatic rings. The summed E-state index contributed by atoms with van der Waals surface area (Å²) in [5.41, 5.74) is 7.36. The summed E-state index contributed by atoms with van der Waals surface area (Å²) in [6.45, 7) is 10.6. The van der Waals surface area contributed by atoms with Crippen LogP contribution in [0.2, 0.25) is 0 Å². The molecule has 27 heavy (non-hydrogen) atoms. The second-order valence-electron chi connectivity index (χ2n) is 7.93. The lowest BCUT2D eigenvalue weighted by Gasteiger charge is -2.19. The average molecular weight is 367 g/mol. The van der Waals surface area contributed by atoms with E-state index in [1.807, 2.05) is 21.0 Å². The van der Waals surface area contributed by atoms with Crippen LogP contribution in [0.5, 0.6) is 0 Å². The van der Waals surface area contributed by atoms with Gasteiger partial charge >= 0.3 is 0 Å². The van der Waals surface area contributed by atoms with Crippen molar-refractivity contribution in [3.05, 3.63) is 41.2 Å². The molecule has 0 aliphatic carbocycles. The molecule has 0 saturated carbocycles. The van der Waals surface area contributed by atoms with Gasteiger partial charge in [-0.1, -0.05) is 13.8 Å². The Morgan fingerprint density at radius 2 is 1.78 bits per heavy atom. The fourth-order valence-corrected chi connectivity index (χ4v) is 3.46. The van der Waals surface area contributed by atoms with Crippen LogP contribution in [0.3, 0.4) is 0 Å². The van der Waals surface area contributed by atoms with Crippen molar-refractivity contribution >= 4 is 16.9 Å². The van der Waals surface area contributed by atoms with Gasteiger partial charge in [-0.25, -0.2) is 9.97 Å². The summed E-state index contributed by atoms with van der Waals surface area (Å²) in [4.78, 5) is 12.0. The molecule has 0 aliphatic rings. The van der Waals surface area contributed by atoms with Crippen molar-refractivity contribution in [1.29, 1.82) is 0 Å². The van der Waals surface area contributed by atoms with Crippen LogP contribution in [0.15, 0.2) is 24.4 Å². The number of aliphatic hydroxyl groups excluding tert-OH is 1. The van der Waals surface area contributed by atoms with E-state index >= 15 is 0 Å². The van der Waals surface area contributed by atoms with E-state index in [-0.39, 0.29) is 12.6 Å². The van der Waals surface area contributed by atoms with Crippen molar-refractivity contribution in [2.24, 2.45) is 0 Å². The van der Waals surface area contributed by atoms with Crippen LogP contribution >= 0.6 is 0 Å². The lowest BCUT2D eigenvalue weighted by atomic mass is 10.0. The highest BCUT2D eigenvalue weighted by atomic mass is 16.3. The average Bonchev–Trinajstić information content (AvgIpc) is 2.95. The molecule has 0 radical (unpaired) electrons. The third-order valence-corrected chi connectivity index (χ3v) is 5.08. The number of pyridine rings is 2. The molecule has 0 bridgehead atoms. The maximum atomic E-state index is 9.57. The van der Waals surface area contributed by atoms with Crippen molar-refractivity contribution in [3.8, 4) is 11.3 Å². The van der Waals surface area contributed by atoms with Crippen LogP contribution in [-0.4, -0.2) is 40.3 Å². The molecule has 5 nitrogen and oxygen atoms in total. The highest BCUT2D eigenvalue weighted by Crippen LogP contribution is 2.34. The molecule has 0 fully saturated rings. The van der Waals surface area contributed by atoms with Gasteiger partial charge in [0, 0.05) is 31.5 Å². The van der Waals surface area contributed by atoms with E-state index in [1.165, 1.54) is 0 Å². The number of aromatic nitrogens is 3. The van der Waals surface area contributed by atoms with Crippen LogP contribution in [0.25, 0.3) is 22.3 Å². The summed E-state index contributed by atoms with van der Waals surface area (Å²) < 4.78 is 2.11. The number of aliphatic hydroxyl groups is 1. The normalized spacial score (nSPS) is 12.8. The Balaban J connectivity index is 2.24. The SMILES string of the molecule is Cc1cc2c(nc1-c1ccc(C(C)C)nc1N(C)C)c(C)cn2C(C)CO. The Hall–Kier alpha value is -2.40. The maximum Gasteiger partial charge on any atom is 0.137 e. The zero-order valence-electron chi connectivity index (χ0n) is 17.4. The molecule has 0 aliphatic heterocycles. The lowest BCUT2D eigenvalue weighted by Crippen LogP contribution is -2.14. The number of anilines is 1. The number of nitrogens with zero attached hydrogens (tertiary/aromatic N) is 4. The minimum Gasteiger partial charge on any atom is -0.394 e. The molecule has 0 spiro atoms. The van der Waals surface area contributed by atoms with Gasteiger partial charge in [0.15, 0.2) is 0 Å². The second kappa shape index (κ2) is 7.31. The third-order valence-electron chi connectivity index (χ3n) is 5.08. The molecular formula is C22H30N4O. The molecule has 3 heterocycles. The van der Waals surface area contributed by atoms with E-state index in [1.54, 1.807) is 0 Å². The first-order chi connectivity index (χ1) is 12.7. The summed E-state index contributed by atoms with van der Waals surface area (Å²) in [5.74, 6) is 1.32. The molecule has 1 unspecified atom stereocenters. The summed E-state index contributed by atoms with van der Waals surface area (Å²) in [7, 11) is 4.04.